The monoisotopic (exact) mass is 246 g/mol. The van der Waals surface area contributed by atoms with Gasteiger partial charge in [0.25, 0.3) is 0 Å². The first kappa shape index (κ1) is 12.6. The molecule has 2 N–H and O–H groups in total. The summed E-state index contributed by atoms with van der Waals surface area (Å²) in [5.41, 5.74) is 2.18. The highest BCUT2D eigenvalue weighted by Crippen LogP contribution is 2.06. The van der Waals surface area contributed by atoms with E-state index in [1.165, 1.54) is 0 Å². The summed E-state index contributed by atoms with van der Waals surface area (Å²) in [5.74, 6) is 0.0842. The lowest BCUT2D eigenvalue weighted by Crippen LogP contribution is -2.48. The van der Waals surface area contributed by atoms with Gasteiger partial charge >= 0.3 is 0 Å². The van der Waals surface area contributed by atoms with E-state index in [9.17, 15) is 9.59 Å². The van der Waals surface area contributed by atoms with Crippen molar-refractivity contribution in [1.29, 1.82) is 0 Å². The van der Waals surface area contributed by atoms with Crippen molar-refractivity contribution in [2.75, 3.05) is 6.54 Å². The van der Waals surface area contributed by atoms with Gasteiger partial charge in [-0.05, 0) is 18.9 Å². The zero-order chi connectivity index (χ0) is 13.0. The molecule has 18 heavy (non-hydrogen) atoms. The van der Waals surface area contributed by atoms with Crippen molar-refractivity contribution in [2.24, 2.45) is 0 Å². The molecule has 1 aromatic carbocycles. The Bertz CT molecular complexity index is 447. The van der Waals surface area contributed by atoms with E-state index >= 15 is 0 Å². The molecule has 2 amide bonds. The van der Waals surface area contributed by atoms with Gasteiger partial charge in [0.2, 0.25) is 11.8 Å². The molecular weight excluding hydrogens is 228 g/mol. The molecule has 0 radical (unpaired) electrons. The Hall–Kier alpha value is -1.84. The number of benzene rings is 1. The molecule has 0 saturated carbocycles. The summed E-state index contributed by atoms with van der Waals surface area (Å²) in [6.45, 7) is 2.55. The lowest BCUT2D eigenvalue weighted by molar-refractivity contribution is -0.125. The lowest BCUT2D eigenvalue weighted by atomic mass is 10.1. The van der Waals surface area contributed by atoms with Crippen molar-refractivity contribution in [2.45, 2.75) is 32.2 Å². The fraction of sp³-hybridized carbons (Fsp3) is 0.429. The number of piperidine rings is 1. The molecule has 1 aliphatic heterocycles. The quantitative estimate of drug-likeness (QED) is 0.833. The molecule has 1 aliphatic rings. The molecule has 1 unspecified atom stereocenters. The second-order valence-electron chi connectivity index (χ2n) is 4.77. The lowest BCUT2D eigenvalue weighted by Gasteiger charge is -2.23. The fourth-order valence-corrected chi connectivity index (χ4v) is 2.14. The zero-order valence-electron chi connectivity index (χ0n) is 10.5. The Morgan fingerprint density at radius 1 is 1.50 bits per heavy atom. The average molecular weight is 246 g/mol. The number of amides is 2. The van der Waals surface area contributed by atoms with E-state index in [1.807, 2.05) is 31.2 Å². The van der Waals surface area contributed by atoms with Gasteiger partial charge in [-0.3, -0.25) is 9.59 Å². The minimum atomic E-state index is 0.0155. The van der Waals surface area contributed by atoms with Crippen LogP contribution in [0.15, 0.2) is 24.3 Å². The zero-order valence-corrected chi connectivity index (χ0v) is 10.5. The number of hydrogen-bond acceptors (Lipinski definition) is 2. The molecule has 1 fully saturated rings. The van der Waals surface area contributed by atoms with E-state index in [4.69, 9.17) is 0 Å². The Balaban J connectivity index is 1.83. The van der Waals surface area contributed by atoms with E-state index in [-0.39, 0.29) is 17.9 Å². The van der Waals surface area contributed by atoms with Crippen LogP contribution in [-0.2, 0) is 16.0 Å². The van der Waals surface area contributed by atoms with Gasteiger partial charge in [-0.1, -0.05) is 29.8 Å². The molecule has 1 aromatic rings. The third kappa shape index (κ3) is 3.58. The van der Waals surface area contributed by atoms with E-state index in [1.54, 1.807) is 0 Å². The molecule has 0 aliphatic carbocycles. The van der Waals surface area contributed by atoms with Crippen LogP contribution in [-0.4, -0.2) is 24.4 Å². The SMILES string of the molecule is Cc1cccc(CC(=O)NC2CCC(=O)NC2)c1. The Labute approximate surface area is 107 Å². The van der Waals surface area contributed by atoms with Crippen molar-refractivity contribution in [3.8, 4) is 0 Å². The van der Waals surface area contributed by atoms with Crippen LogP contribution in [0.3, 0.4) is 0 Å². The number of hydrogen-bond donors (Lipinski definition) is 2. The first-order valence-electron chi connectivity index (χ1n) is 6.25. The molecule has 1 heterocycles. The van der Waals surface area contributed by atoms with E-state index in [0.717, 1.165) is 17.5 Å². The number of aryl methyl sites for hydroxylation is 1. The van der Waals surface area contributed by atoms with Crippen LogP contribution in [0.5, 0.6) is 0 Å². The largest absolute Gasteiger partial charge is 0.354 e. The minimum absolute atomic E-state index is 0.0155. The van der Waals surface area contributed by atoms with Gasteiger partial charge < -0.3 is 10.6 Å². The van der Waals surface area contributed by atoms with Crippen LogP contribution in [0.1, 0.15) is 24.0 Å². The van der Waals surface area contributed by atoms with Crippen LogP contribution in [0.2, 0.25) is 0 Å². The Morgan fingerprint density at radius 2 is 2.33 bits per heavy atom. The second kappa shape index (κ2) is 5.67. The van der Waals surface area contributed by atoms with Crippen molar-refractivity contribution in [3.05, 3.63) is 35.4 Å². The second-order valence-corrected chi connectivity index (χ2v) is 4.77. The summed E-state index contributed by atoms with van der Waals surface area (Å²) in [4.78, 5) is 22.8. The third-order valence-electron chi connectivity index (χ3n) is 3.08. The Morgan fingerprint density at radius 3 is 3.00 bits per heavy atom. The molecule has 2 rings (SSSR count). The smallest absolute Gasteiger partial charge is 0.224 e. The van der Waals surface area contributed by atoms with Gasteiger partial charge in [-0.25, -0.2) is 0 Å². The topological polar surface area (TPSA) is 58.2 Å². The van der Waals surface area contributed by atoms with E-state index in [0.29, 0.717) is 19.4 Å². The van der Waals surface area contributed by atoms with E-state index < -0.39 is 0 Å². The van der Waals surface area contributed by atoms with Crippen molar-refractivity contribution in [1.82, 2.24) is 10.6 Å². The van der Waals surface area contributed by atoms with Gasteiger partial charge in [0.15, 0.2) is 0 Å². The van der Waals surface area contributed by atoms with Crippen LogP contribution < -0.4 is 10.6 Å². The van der Waals surface area contributed by atoms with Crippen molar-refractivity contribution < 1.29 is 9.59 Å². The van der Waals surface area contributed by atoms with E-state index in [2.05, 4.69) is 10.6 Å². The molecule has 96 valence electrons. The first-order chi connectivity index (χ1) is 8.63. The summed E-state index contributed by atoms with van der Waals surface area (Å²) < 4.78 is 0. The molecular formula is C14H18N2O2. The Kier molecular flexibility index (Phi) is 3.97. The summed E-state index contributed by atoms with van der Waals surface area (Å²) in [7, 11) is 0. The first-order valence-corrected chi connectivity index (χ1v) is 6.25. The van der Waals surface area contributed by atoms with Gasteiger partial charge in [-0.2, -0.15) is 0 Å². The highest BCUT2D eigenvalue weighted by atomic mass is 16.2. The van der Waals surface area contributed by atoms with Crippen molar-refractivity contribution >= 4 is 11.8 Å². The maximum absolute atomic E-state index is 11.8. The summed E-state index contributed by atoms with van der Waals surface area (Å²) >= 11 is 0. The molecule has 0 aromatic heterocycles. The van der Waals surface area contributed by atoms with Gasteiger partial charge in [-0.15, -0.1) is 0 Å². The maximum Gasteiger partial charge on any atom is 0.224 e. The molecule has 1 saturated heterocycles. The highest BCUT2D eigenvalue weighted by Gasteiger charge is 2.19. The van der Waals surface area contributed by atoms with Crippen LogP contribution >= 0.6 is 0 Å². The van der Waals surface area contributed by atoms with Gasteiger partial charge in [0, 0.05) is 19.0 Å². The predicted octanol–water partition coefficient (Wildman–Crippen LogP) is 0.932. The predicted molar refractivity (Wildman–Crippen MR) is 69.1 cm³/mol. The summed E-state index contributed by atoms with van der Waals surface area (Å²) in [6.07, 6.45) is 1.62. The van der Waals surface area contributed by atoms with Gasteiger partial charge in [0.05, 0.1) is 6.42 Å². The standard InChI is InChI=1S/C14H18N2O2/c1-10-3-2-4-11(7-10)8-14(18)16-12-5-6-13(17)15-9-12/h2-4,7,12H,5-6,8-9H2,1H3,(H,15,17)(H,16,18). The molecule has 0 bridgehead atoms. The fourth-order valence-electron chi connectivity index (χ4n) is 2.14. The highest BCUT2D eigenvalue weighted by molar-refractivity contribution is 5.80. The summed E-state index contributed by atoms with van der Waals surface area (Å²) in [5, 5.41) is 5.71. The van der Waals surface area contributed by atoms with Crippen LogP contribution in [0.4, 0.5) is 0 Å². The molecule has 1 atom stereocenters. The molecule has 4 heteroatoms. The van der Waals surface area contributed by atoms with Crippen LogP contribution in [0, 0.1) is 6.92 Å². The van der Waals surface area contributed by atoms with Gasteiger partial charge in [0.1, 0.15) is 0 Å². The number of carbonyl (C=O) groups excluding carboxylic acids is 2. The van der Waals surface area contributed by atoms with Crippen molar-refractivity contribution in [3.63, 3.8) is 0 Å². The normalized spacial score (nSPS) is 19.2. The number of carbonyl (C=O) groups is 2. The minimum Gasteiger partial charge on any atom is -0.354 e. The van der Waals surface area contributed by atoms with Crippen LogP contribution in [0.25, 0.3) is 0 Å². The third-order valence-corrected chi connectivity index (χ3v) is 3.08. The molecule has 4 nitrogen and oxygen atoms in total. The number of rotatable bonds is 3. The number of nitrogens with one attached hydrogen (secondary N) is 2. The maximum atomic E-state index is 11.8. The average Bonchev–Trinajstić information content (AvgIpc) is 2.32. The summed E-state index contributed by atoms with van der Waals surface area (Å²) in [6, 6.07) is 8.01. The molecule has 0 spiro atoms.